The highest BCUT2D eigenvalue weighted by Crippen LogP contribution is 2.27. The Bertz CT molecular complexity index is 307. The summed E-state index contributed by atoms with van der Waals surface area (Å²) in [5.41, 5.74) is 0. The van der Waals surface area contributed by atoms with Crippen LogP contribution in [-0.2, 0) is 0 Å². The number of pyridine rings is 1. The van der Waals surface area contributed by atoms with Gasteiger partial charge >= 0.3 is 0 Å². The molecule has 2 nitrogen and oxygen atoms in total. The summed E-state index contributed by atoms with van der Waals surface area (Å²) in [6, 6.07) is 5.80. The standard InChI is InChI=1S/C10H12N2S2/c13-10(8-4-3-7-14-8)12-9-5-1-2-6-11-9/h1-2,5-6,8H,3-4,7H2,(H,11,12,13). The zero-order valence-electron chi connectivity index (χ0n) is 7.77. The second kappa shape index (κ2) is 4.75. The van der Waals surface area contributed by atoms with Crippen molar-refractivity contribution in [2.45, 2.75) is 18.1 Å². The average Bonchev–Trinajstić information content (AvgIpc) is 2.72. The van der Waals surface area contributed by atoms with Crippen molar-refractivity contribution in [2.75, 3.05) is 11.1 Å². The first-order chi connectivity index (χ1) is 6.86. The first kappa shape index (κ1) is 9.93. The first-order valence-corrected chi connectivity index (χ1v) is 6.15. The van der Waals surface area contributed by atoms with E-state index in [0.29, 0.717) is 5.25 Å². The lowest BCUT2D eigenvalue weighted by atomic mass is 10.2. The van der Waals surface area contributed by atoms with E-state index in [1.54, 1.807) is 6.20 Å². The van der Waals surface area contributed by atoms with Crippen molar-refractivity contribution < 1.29 is 0 Å². The lowest BCUT2D eigenvalue weighted by molar-refractivity contribution is 0.904. The third-order valence-electron chi connectivity index (χ3n) is 2.14. The number of hydrogen-bond acceptors (Lipinski definition) is 3. The number of nitrogens with one attached hydrogen (secondary N) is 1. The lowest BCUT2D eigenvalue weighted by Gasteiger charge is -2.11. The maximum Gasteiger partial charge on any atom is 0.130 e. The fraction of sp³-hybridized carbons (Fsp3) is 0.400. The Kier molecular flexibility index (Phi) is 3.37. The van der Waals surface area contributed by atoms with Crippen molar-refractivity contribution in [1.82, 2.24) is 4.98 Å². The van der Waals surface area contributed by atoms with Gasteiger partial charge in [0.05, 0.1) is 10.2 Å². The minimum Gasteiger partial charge on any atom is -0.334 e. The molecule has 0 saturated carbocycles. The van der Waals surface area contributed by atoms with Gasteiger partial charge in [0.2, 0.25) is 0 Å². The van der Waals surface area contributed by atoms with Crippen molar-refractivity contribution in [3.8, 4) is 0 Å². The van der Waals surface area contributed by atoms with Crippen LogP contribution in [0.15, 0.2) is 24.4 Å². The molecule has 1 saturated heterocycles. The molecule has 2 heterocycles. The molecule has 1 aliphatic rings. The Labute approximate surface area is 93.5 Å². The van der Waals surface area contributed by atoms with Crippen molar-refractivity contribution in [1.29, 1.82) is 0 Å². The smallest absolute Gasteiger partial charge is 0.130 e. The molecule has 14 heavy (non-hydrogen) atoms. The molecule has 4 heteroatoms. The minimum absolute atomic E-state index is 0.493. The zero-order chi connectivity index (χ0) is 9.80. The van der Waals surface area contributed by atoms with Crippen molar-refractivity contribution in [2.24, 2.45) is 0 Å². The van der Waals surface area contributed by atoms with E-state index < -0.39 is 0 Å². The predicted octanol–water partition coefficient (Wildman–Crippen LogP) is 2.72. The molecule has 0 bridgehead atoms. The molecule has 1 unspecified atom stereocenters. The summed E-state index contributed by atoms with van der Waals surface area (Å²) < 4.78 is 0. The molecule has 1 aliphatic heterocycles. The van der Waals surface area contributed by atoms with E-state index in [9.17, 15) is 0 Å². The van der Waals surface area contributed by atoms with Crippen molar-refractivity contribution >= 4 is 34.8 Å². The summed E-state index contributed by atoms with van der Waals surface area (Å²) in [5, 5.41) is 3.68. The highest BCUT2D eigenvalue weighted by atomic mass is 32.2. The largest absolute Gasteiger partial charge is 0.334 e. The molecule has 0 spiro atoms. The second-order valence-corrected chi connectivity index (χ2v) is 4.96. The molecule has 0 amide bonds. The van der Waals surface area contributed by atoms with E-state index in [-0.39, 0.29) is 0 Å². The molecule has 1 aromatic heterocycles. The van der Waals surface area contributed by atoms with Gasteiger partial charge in [0.1, 0.15) is 5.82 Å². The Hall–Kier alpha value is -0.610. The van der Waals surface area contributed by atoms with Crippen LogP contribution < -0.4 is 5.32 Å². The van der Waals surface area contributed by atoms with Crippen LogP contribution in [-0.4, -0.2) is 21.0 Å². The molecule has 74 valence electrons. The third-order valence-corrected chi connectivity index (χ3v) is 4.07. The van der Waals surface area contributed by atoms with Crippen LogP contribution in [0.1, 0.15) is 12.8 Å². The van der Waals surface area contributed by atoms with Gasteiger partial charge in [-0.25, -0.2) is 4.98 Å². The SMILES string of the molecule is S=C(Nc1ccccn1)C1CCCS1. The van der Waals surface area contributed by atoms with Gasteiger partial charge in [0.25, 0.3) is 0 Å². The molecule has 1 N–H and O–H groups in total. The van der Waals surface area contributed by atoms with Crippen LogP contribution in [0.4, 0.5) is 5.82 Å². The third kappa shape index (κ3) is 2.45. The van der Waals surface area contributed by atoms with E-state index in [0.717, 1.165) is 10.8 Å². The lowest BCUT2D eigenvalue weighted by Crippen LogP contribution is -2.21. The monoisotopic (exact) mass is 224 g/mol. The number of thiocarbonyl (C=S) groups is 1. The normalized spacial score (nSPS) is 20.7. The summed E-state index contributed by atoms with van der Waals surface area (Å²) in [6.07, 6.45) is 4.25. The van der Waals surface area contributed by atoms with Gasteiger partial charge < -0.3 is 5.32 Å². The second-order valence-electron chi connectivity index (χ2n) is 3.21. The Morgan fingerprint density at radius 3 is 3.14 bits per heavy atom. The fourth-order valence-corrected chi connectivity index (χ4v) is 3.02. The highest BCUT2D eigenvalue weighted by molar-refractivity contribution is 8.02. The van der Waals surface area contributed by atoms with E-state index in [2.05, 4.69) is 10.3 Å². The van der Waals surface area contributed by atoms with Gasteiger partial charge in [-0.3, -0.25) is 0 Å². The molecular formula is C10H12N2S2. The van der Waals surface area contributed by atoms with Gasteiger partial charge in [0, 0.05) is 6.20 Å². The highest BCUT2D eigenvalue weighted by Gasteiger charge is 2.20. The number of aromatic nitrogens is 1. The van der Waals surface area contributed by atoms with Gasteiger partial charge in [-0.05, 0) is 30.7 Å². The molecule has 1 atom stereocenters. The average molecular weight is 224 g/mol. The van der Waals surface area contributed by atoms with Gasteiger partial charge in [-0.15, -0.1) is 0 Å². The summed E-state index contributed by atoms with van der Waals surface area (Å²) in [7, 11) is 0. The molecule has 0 aliphatic carbocycles. The first-order valence-electron chi connectivity index (χ1n) is 4.70. The number of nitrogens with zero attached hydrogens (tertiary/aromatic N) is 1. The summed E-state index contributed by atoms with van der Waals surface area (Å²) in [4.78, 5) is 5.10. The molecule has 0 aromatic carbocycles. The van der Waals surface area contributed by atoms with Gasteiger partial charge in [-0.1, -0.05) is 18.3 Å². The summed E-state index contributed by atoms with van der Waals surface area (Å²) in [6.45, 7) is 0. The van der Waals surface area contributed by atoms with E-state index >= 15 is 0 Å². The quantitative estimate of drug-likeness (QED) is 0.781. The fourth-order valence-electron chi connectivity index (χ4n) is 1.43. The van der Waals surface area contributed by atoms with Gasteiger partial charge in [0.15, 0.2) is 0 Å². The van der Waals surface area contributed by atoms with Crippen LogP contribution in [0.3, 0.4) is 0 Å². The number of anilines is 1. The number of thioether (sulfide) groups is 1. The predicted molar refractivity (Wildman–Crippen MR) is 65.9 cm³/mol. The Balaban J connectivity index is 1.94. The van der Waals surface area contributed by atoms with E-state index in [1.165, 1.54) is 18.6 Å². The number of rotatable bonds is 2. The van der Waals surface area contributed by atoms with Crippen molar-refractivity contribution in [3.05, 3.63) is 24.4 Å². The van der Waals surface area contributed by atoms with Crippen LogP contribution >= 0.6 is 24.0 Å². The molecule has 0 radical (unpaired) electrons. The Morgan fingerprint density at radius 2 is 2.50 bits per heavy atom. The summed E-state index contributed by atoms with van der Waals surface area (Å²) >= 11 is 7.26. The van der Waals surface area contributed by atoms with Crippen molar-refractivity contribution in [3.63, 3.8) is 0 Å². The molecular weight excluding hydrogens is 212 g/mol. The molecule has 1 fully saturated rings. The topological polar surface area (TPSA) is 24.9 Å². The van der Waals surface area contributed by atoms with E-state index in [1.807, 2.05) is 30.0 Å². The van der Waals surface area contributed by atoms with Crippen LogP contribution in [0.25, 0.3) is 0 Å². The van der Waals surface area contributed by atoms with Crippen LogP contribution in [0.2, 0.25) is 0 Å². The van der Waals surface area contributed by atoms with Gasteiger partial charge in [-0.2, -0.15) is 11.8 Å². The van der Waals surface area contributed by atoms with Crippen LogP contribution in [0, 0.1) is 0 Å². The molecule has 1 aromatic rings. The van der Waals surface area contributed by atoms with E-state index in [4.69, 9.17) is 12.2 Å². The van der Waals surface area contributed by atoms with Crippen LogP contribution in [0.5, 0.6) is 0 Å². The Morgan fingerprint density at radius 1 is 1.57 bits per heavy atom. The maximum atomic E-state index is 5.32. The molecule has 2 rings (SSSR count). The minimum atomic E-state index is 0.493. The zero-order valence-corrected chi connectivity index (χ0v) is 9.40. The maximum absolute atomic E-state index is 5.32. The number of hydrogen-bond donors (Lipinski definition) is 1. The summed E-state index contributed by atoms with van der Waals surface area (Å²) in [5.74, 6) is 2.08.